The SMILES string of the molecule is COC(=O)CCNC(=O)c1cc(S(=O)(=O)NCc2ccccc2)ccc1C. The Bertz CT molecular complexity index is 911. The van der Waals surface area contributed by atoms with E-state index in [1.807, 2.05) is 30.3 Å². The van der Waals surface area contributed by atoms with Crippen molar-refractivity contribution in [2.45, 2.75) is 24.8 Å². The van der Waals surface area contributed by atoms with Crippen LogP contribution in [0, 0.1) is 6.92 Å². The summed E-state index contributed by atoms with van der Waals surface area (Å²) in [6.07, 6.45) is 0.0396. The van der Waals surface area contributed by atoms with Gasteiger partial charge in [-0.2, -0.15) is 0 Å². The molecular formula is C19H22N2O5S. The maximum atomic E-state index is 12.5. The highest BCUT2D eigenvalue weighted by atomic mass is 32.2. The summed E-state index contributed by atoms with van der Waals surface area (Å²) in [7, 11) is -2.50. The Labute approximate surface area is 158 Å². The number of benzene rings is 2. The number of hydrogen-bond acceptors (Lipinski definition) is 5. The quantitative estimate of drug-likeness (QED) is 0.669. The van der Waals surface area contributed by atoms with Gasteiger partial charge in [-0.3, -0.25) is 9.59 Å². The van der Waals surface area contributed by atoms with Crippen molar-refractivity contribution in [1.82, 2.24) is 10.0 Å². The van der Waals surface area contributed by atoms with E-state index in [1.54, 1.807) is 13.0 Å². The van der Waals surface area contributed by atoms with Crippen molar-refractivity contribution in [1.29, 1.82) is 0 Å². The summed E-state index contributed by atoms with van der Waals surface area (Å²) < 4.78 is 32.1. The number of rotatable bonds is 8. The Morgan fingerprint density at radius 3 is 2.44 bits per heavy atom. The molecule has 0 aliphatic heterocycles. The Kier molecular flexibility index (Phi) is 7.09. The zero-order valence-corrected chi connectivity index (χ0v) is 16.0. The molecule has 7 nitrogen and oxygen atoms in total. The van der Waals surface area contributed by atoms with Crippen LogP contribution in [0.2, 0.25) is 0 Å². The number of esters is 1. The van der Waals surface area contributed by atoms with Crippen LogP contribution in [-0.4, -0.2) is 33.9 Å². The molecule has 27 heavy (non-hydrogen) atoms. The molecular weight excluding hydrogens is 368 g/mol. The van der Waals surface area contributed by atoms with Crippen LogP contribution in [0.5, 0.6) is 0 Å². The highest BCUT2D eigenvalue weighted by Crippen LogP contribution is 2.16. The Morgan fingerprint density at radius 1 is 1.07 bits per heavy atom. The first kappa shape index (κ1) is 20.6. The minimum Gasteiger partial charge on any atom is -0.469 e. The molecule has 0 fully saturated rings. The van der Waals surface area contributed by atoms with Gasteiger partial charge in [0.2, 0.25) is 10.0 Å². The number of aryl methyl sites for hydroxylation is 1. The van der Waals surface area contributed by atoms with Crippen molar-refractivity contribution in [3.05, 3.63) is 65.2 Å². The van der Waals surface area contributed by atoms with E-state index in [2.05, 4.69) is 14.8 Å². The monoisotopic (exact) mass is 390 g/mol. The predicted octanol–water partition coefficient (Wildman–Crippen LogP) is 1.77. The first-order valence-electron chi connectivity index (χ1n) is 8.33. The molecule has 0 aliphatic rings. The van der Waals surface area contributed by atoms with Crippen LogP contribution in [0.1, 0.15) is 27.9 Å². The third-order valence-electron chi connectivity index (χ3n) is 3.92. The van der Waals surface area contributed by atoms with Crippen LogP contribution in [-0.2, 0) is 26.1 Å². The molecule has 8 heteroatoms. The van der Waals surface area contributed by atoms with E-state index < -0.39 is 21.9 Å². The van der Waals surface area contributed by atoms with Gasteiger partial charge >= 0.3 is 5.97 Å². The second-order valence-electron chi connectivity index (χ2n) is 5.87. The van der Waals surface area contributed by atoms with Crippen molar-refractivity contribution < 1.29 is 22.7 Å². The molecule has 0 atom stereocenters. The highest BCUT2D eigenvalue weighted by Gasteiger charge is 2.18. The fourth-order valence-electron chi connectivity index (χ4n) is 2.35. The Morgan fingerprint density at radius 2 is 1.78 bits per heavy atom. The van der Waals surface area contributed by atoms with Gasteiger partial charge in [0.25, 0.3) is 5.91 Å². The van der Waals surface area contributed by atoms with E-state index in [0.29, 0.717) is 5.56 Å². The number of amides is 1. The molecule has 144 valence electrons. The molecule has 2 N–H and O–H groups in total. The first-order chi connectivity index (χ1) is 12.8. The summed E-state index contributed by atoms with van der Waals surface area (Å²) in [5, 5.41) is 2.59. The van der Waals surface area contributed by atoms with Gasteiger partial charge in [-0.25, -0.2) is 13.1 Å². The van der Waals surface area contributed by atoms with E-state index in [4.69, 9.17) is 0 Å². The topological polar surface area (TPSA) is 102 Å². The maximum Gasteiger partial charge on any atom is 0.307 e. The summed E-state index contributed by atoms with van der Waals surface area (Å²) in [5.41, 5.74) is 1.70. The summed E-state index contributed by atoms with van der Waals surface area (Å²) in [6, 6.07) is 13.5. The zero-order chi connectivity index (χ0) is 19.9. The predicted molar refractivity (Wildman–Crippen MR) is 101 cm³/mol. The van der Waals surface area contributed by atoms with Crippen molar-refractivity contribution >= 4 is 21.9 Å². The summed E-state index contributed by atoms with van der Waals surface area (Å²) >= 11 is 0. The maximum absolute atomic E-state index is 12.5. The number of carbonyl (C=O) groups is 2. The molecule has 2 rings (SSSR count). The van der Waals surface area contributed by atoms with Crippen LogP contribution in [0.15, 0.2) is 53.4 Å². The van der Waals surface area contributed by atoms with E-state index >= 15 is 0 Å². The van der Waals surface area contributed by atoms with Gasteiger partial charge in [0.1, 0.15) is 0 Å². The zero-order valence-electron chi connectivity index (χ0n) is 15.2. The molecule has 0 spiro atoms. The van der Waals surface area contributed by atoms with Crippen molar-refractivity contribution in [2.75, 3.05) is 13.7 Å². The minimum atomic E-state index is -3.77. The minimum absolute atomic E-state index is 0.00199. The third-order valence-corrected chi connectivity index (χ3v) is 5.31. The van der Waals surface area contributed by atoms with Gasteiger partial charge < -0.3 is 10.1 Å². The van der Waals surface area contributed by atoms with Crippen molar-refractivity contribution in [3.63, 3.8) is 0 Å². The van der Waals surface area contributed by atoms with Crippen molar-refractivity contribution in [3.8, 4) is 0 Å². The van der Waals surface area contributed by atoms with Crippen LogP contribution < -0.4 is 10.0 Å². The molecule has 0 aliphatic carbocycles. The standard InChI is InChI=1S/C19H22N2O5S/c1-14-8-9-16(12-17(14)19(23)20-11-10-18(22)26-2)27(24,25)21-13-15-6-4-3-5-7-15/h3-9,12,21H,10-11,13H2,1-2H3,(H,20,23). The second-order valence-corrected chi connectivity index (χ2v) is 7.64. The number of sulfonamides is 1. The number of hydrogen-bond donors (Lipinski definition) is 2. The molecule has 0 saturated heterocycles. The largest absolute Gasteiger partial charge is 0.469 e. The van der Waals surface area contributed by atoms with Gasteiger partial charge in [-0.05, 0) is 30.2 Å². The van der Waals surface area contributed by atoms with E-state index in [1.165, 1.54) is 19.2 Å². The molecule has 0 heterocycles. The smallest absolute Gasteiger partial charge is 0.307 e. The fourth-order valence-corrected chi connectivity index (χ4v) is 3.39. The highest BCUT2D eigenvalue weighted by molar-refractivity contribution is 7.89. The Balaban J connectivity index is 2.10. The van der Waals surface area contributed by atoms with E-state index in [0.717, 1.165) is 5.56 Å². The normalized spacial score (nSPS) is 11.0. The second kappa shape index (κ2) is 9.29. The summed E-state index contributed by atoms with van der Waals surface area (Å²) in [4.78, 5) is 23.4. The van der Waals surface area contributed by atoms with Crippen LogP contribution in [0.25, 0.3) is 0 Å². The van der Waals surface area contributed by atoms with E-state index in [9.17, 15) is 18.0 Å². The van der Waals surface area contributed by atoms with Crippen LogP contribution in [0.3, 0.4) is 0 Å². The van der Waals surface area contributed by atoms with Gasteiger partial charge in [-0.1, -0.05) is 36.4 Å². The molecule has 0 bridgehead atoms. The summed E-state index contributed by atoms with van der Waals surface area (Å²) in [6.45, 7) is 1.97. The van der Waals surface area contributed by atoms with Gasteiger partial charge in [0.15, 0.2) is 0 Å². The number of ether oxygens (including phenoxy) is 1. The average molecular weight is 390 g/mol. The molecule has 0 radical (unpaired) electrons. The number of carbonyl (C=O) groups excluding carboxylic acids is 2. The number of nitrogens with one attached hydrogen (secondary N) is 2. The molecule has 0 aromatic heterocycles. The average Bonchev–Trinajstić information content (AvgIpc) is 2.67. The first-order valence-corrected chi connectivity index (χ1v) is 9.81. The lowest BCUT2D eigenvalue weighted by Gasteiger charge is -2.11. The van der Waals surface area contributed by atoms with Crippen LogP contribution >= 0.6 is 0 Å². The molecule has 2 aromatic rings. The third kappa shape index (κ3) is 5.90. The molecule has 0 saturated carbocycles. The fraction of sp³-hybridized carbons (Fsp3) is 0.263. The van der Waals surface area contributed by atoms with Gasteiger partial charge in [0.05, 0.1) is 18.4 Å². The molecule has 2 aromatic carbocycles. The van der Waals surface area contributed by atoms with Crippen molar-refractivity contribution in [2.24, 2.45) is 0 Å². The lowest BCUT2D eigenvalue weighted by atomic mass is 10.1. The summed E-state index contributed by atoms with van der Waals surface area (Å²) in [5.74, 6) is -0.884. The van der Waals surface area contributed by atoms with Gasteiger partial charge in [0, 0.05) is 18.7 Å². The lowest BCUT2D eigenvalue weighted by Crippen LogP contribution is -2.28. The van der Waals surface area contributed by atoms with Crippen LogP contribution in [0.4, 0.5) is 0 Å². The number of methoxy groups -OCH3 is 1. The van der Waals surface area contributed by atoms with E-state index in [-0.39, 0.29) is 30.0 Å². The molecule has 0 unspecified atom stereocenters. The lowest BCUT2D eigenvalue weighted by molar-refractivity contribution is -0.140. The molecule has 1 amide bonds. The Hall–Kier alpha value is -2.71. The van der Waals surface area contributed by atoms with Gasteiger partial charge in [-0.15, -0.1) is 0 Å².